The second-order valence-electron chi connectivity index (χ2n) is 7.47. The maximum absolute atomic E-state index is 10.9. The molecule has 0 aliphatic rings. The summed E-state index contributed by atoms with van der Waals surface area (Å²) in [5, 5.41) is 0. The first-order chi connectivity index (χ1) is 11.5. The molecule has 0 aliphatic carbocycles. The second-order valence-corrected chi connectivity index (χ2v) is 7.47. The molecular weight excluding hydrogens is 300 g/mol. The van der Waals surface area contributed by atoms with Gasteiger partial charge in [-0.2, -0.15) is 0 Å². The molecule has 0 fully saturated rings. The molecule has 2 atom stereocenters. The Bertz CT molecular complexity index is 312. The standard InChI is InChI=1S/C21H40O3/c1-6-8-12-20(13-10-9-11-18(3)4)16-19(5)17-23-14-15-24-21(22)7-2/h7,18-20H,2,6,8-17H2,1,3-5H3. The van der Waals surface area contributed by atoms with Crippen molar-refractivity contribution in [2.24, 2.45) is 17.8 Å². The van der Waals surface area contributed by atoms with E-state index < -0.39 is 0 Å². The molecule has 0 heterocycles. The Kier molecular flexibility index (Phi) is 15.1. The van der Waals surface area contributed by atoms with Crippen LogP contribution >= 0.6 is 0 Å². The lowest BCUT2D eigenvalue weighted by Crippen LogP contribution is -2.15. The molecule has 3 nitrogen and oxygen atoms in total. The SMILES string of the molecule is C=CC(=O)OCCOCC(C)CC(CCCC)CCCCC(C)C. The fourth-order valence-electron chi connectivity index (χ4n) is 3.04. The summed E-state index contributed by atoms with van der Waals surface area (Å²) in [5.74, 6) is 1.83. The van der Waals surface area contributed by atoms with Gasteiger partial charge in [0.15, 0.2) is 0 Å². The lowest BCUT2D eigenvalue weighted by atomic mass is 9.87. The molecule has 0 radical (unpaired) electrons. The van der Waals surface area contributed by atoms with Crippen molar-refractivity contribution in [3.63, 3.8) is 0 Å². The monoisotopic (exact) mass is 340 g/mol. The average Bonchev–Trinajstić information content (AvgIpc) is 2.55. The van der Waals surface area contributed by atoms with Crippen molar-refractivity contribution in [3.8, 4) is 0 Å². The van der Waals surface area contributed by atoms with Crippen LogP contribution in [0.15, 0.2) is 12.7 Å². The van der Waals surface area contributed by atoms with Crippen LogP contribution < -0.4 is 0 Å². The molecule has 0 bridgehead atoms. The summed E-state index contributed by atoms with van der Waals surface area (Å²) < 4.78 is 10.6. The number of ether oxygens (including phenoxy) is 2. The predicted molar refractivity (Wildman–Crippen MR) is 102 cm³/mol. The fraction of sp³-hybridized carbons (Fsp3) is 0.857. The summed E-state index contributed by atoms with van der Waals surface area (Å²) in [6, 6.07) is 0. The number of rotatable bonds is 16. The van der Waals surface area contributed by atoms with Gasteiger partial charge in [-0.05, 0) is 24.2 Å². The number of carbonyl (C=O) groups is 1. The summed E-state index contributed by atoms with van der Waals surface area (Å²) in [6.07, 6.45) is 11.8. The molecule has 0 saturated heterocycles. The molecule has 2 unspecified atom stereocenters. The van der Waals surface area contributed by atoms with Crippen LogP contribution in [0, 0.1) is 17.8 Å². The van der Waals surface area contributed by atoms with E-state index in [9.17, 15) is 4.79 Å². The molecule has 0 aromatic carbocycles. The Labute approximate surface area is 150 Å². The maximum atomic E-state index is 10.9. The quantitative estimate of drug-likeness (QED) is 0.203. The van der Waals surface area contributed by atoms with Gasteiger partial charge in [-0.1, -0.05) is 79.2 Å². The van der Waals surface area contributed by atoms with Crippen molar-refractivity contribution in [2.75, 3.05) is 19.8 Å². The van der Waals surface area contributed by atoms with Gasteiger partial charge in [0.2, 0.25) is 0 Å². The fourth-order valence-corrected chi connectivity index (χ4v) is 3.04. The van der Waals surface area contributed by atoms with E-state index in [0.717, 1.165) is 18.4 Å². The second kappa shape index (κ2) is 15.7. The molecule has 0 rings (SSSR count). The highest BCUT2D eigenvalue weighted by molar-refractivity contribution is 5.81. The summed E-state index contributed by atoms with van der Waals surface area (Å²) >= 11 is 0. The van der Waals surface area contributed by atoms with E-state index in [1.807, 2.05) is 0 Å². The lowest BCUT2D eigenvalue weighted by molar-refractivity contribution is -0.139. The molecule has 0 aromatic heterocycles. The van der Waals surface area contributed by atoms with Gasteiger partial charge in [0.05, 0.1) is 6.61 Å². The topological polar surface area (TPSA) is 35.5 Å². The van der Waals surface area contributed by atoms with Crippen LogP contribution in [0.2, 0.25) is 0 Å². The third-order valence-electron chi connectivity index (χ3n) is 4.39. The minimum absolute atomic E-state index is 0.312. The third-order valence-corrected chi connectivity index (χ3v) is 4.39. The maximum Gasteiger partial charge on any atom is 0.330 e. The van der Waals surface area contributed by atoms with Crippen molar-refractivity contribution >= 4 is 5.97 Å². The summed E-state index contributed by atoms with van der Waals surface area (Å²) in [4.78, 5) is 10.9. The molecule has 0 saturated carbocycles. The molecule has 0 aromatic rings. The smallest absolute Gasteiger partial charge is 0.330 e. The highest BCUT2D eigenvalue weighted by atomic mass is 16.6. The molecule has 3 heteroatoms. The van der Waals surface area contributed by atoms with Crippen LogP contribution in [0.1, 0.15) is 79.1 Å². The van der Waals surface area contributed by atoms with Gasteiger partial charge in [0.1, 0.15) is 6.61 Å². The predicted octanol–water partition coefficient (Wildman–Crippen LogP) is 5.78. The Morgan fingerprint density at radius 1 is 1.04 bits per heavy atom. The Hall–Kier alpha value is -0.830. The lowest BCUT2D eigenvalue weighted by Gasteiger charge is -2.21. The molecule has 0 aliphatic heterocycles. The van der Waals surface area contributed by atoms with Gasteiger partial charge >= 0.3 is 5.97 Å². The first-order valence-electron chi connectivity index (χ1n) is 9.86. The van der Waals surface area contributed by atoms with E-state index in [1.54, 1.807) is 0 Å². The van der Waals surface area contributed by atoms with Crippen molar-refractivity contribution < 1.29 is 14.3 Å². The van der Waals surface area contributed by atoms with Gasteiger partial charge in [0.25, 0.3) is 0 Å². The number of unbranched alkanes of at least 4 members (excludes halogenated alkanes) is 2. The minimum Gasteiger partial charge on any atom is -0.460 e. The summed E-state index contributed by atoms with van der Waals surface area (Å²) in [6.45, 7) is 14.1. The minimum atomic E-state index is -0.382. The largest absolute Gasteiger partial charge is 0.460 e. The number of hydrogen-bond donors (Lipinski definition) is 0. The van der Waals surface area contributed by atoms with Crippen LogP contribution in [0.3, 0.4) is 0 Å². The van der Waals surface area contributed by atoms with E-state index in [0.29, 0.717) is 19.1 Å². The van der Waals surface area contributed by atoms with Crippen LogP contribution in [-0.4, -0.2) is 25.8 Å². The normalized spacial score (nSPS) is 13.7. The highest BCUT2D eigenvalue weighted by Gasteiger charge is 2.13. The summed E-state index contributed by atoms with van der Waals surface area (Å²) in [7, 11) is 0. The molecule has 0 amide bonds. The number of carbonyl (C=O) groups excluding carboxylic acids is 1. The third kappa shape index (κ3) is 14.7. The summed E-state index contributed by atoms with van der Waals surface area (Å²) in [5.41, 5.74) is 0. The Morgan fingerprint density at radius 2 is 1.71 bits per heavy atom. The van der Waals surface area contributed by atoms with Crippen LogP contribution in [0.4, 0.5) is 0 Å². The van der Waals surface area contributed by atoms with Crippen LogP contribution in [0.25, 0.3) is 0 Å². The van der Waals surface area contributed by atoms with E-state index in [4.69, 9.17) is 9.47 Å². The zero-order valence-corrected chi connectivity index (χ0v) is 16.5. The molecule has 24 heavy (non-hydrogen) atoms. The first-order valence-corrected chi connectivity index (χ1v) is 9.86. The zero-order valence-electron chi connectivity index (χ0n) is 16.5. The van der Waals surface area contributed by atoms with Gasteiger partial charge < -0.3 is 9.47 Å². The van der Waals surface area contributed by atoms with E-state index >= 15 is 0 Å². The average molecular weight is 341 g/mol. The van der Waals surface area contributed by atoms with E-state index in [1.165, 1.54) is 57.4 Å². The van der Waals surface area contributed by atoms with Crippen molar-refractivity contribution in [3.05, 3.63) is 12.7 Å². The van der Waals surface area contributed by atoms with Crippen molar-refractivity contribution in [1.82, 2.24) is 0 Å². The number of hydrogen-bond acceptors (Lipinski definition) is 3. The Balaban J connectivity index is 3.90. The number of esters is 1. The highest BCUT2D eigenvalue weighted by Crippen LogP contribution is 2.25. The van der Waals surface area contributed by atoms with Gasteiger partial charge in [-0.25, -0.2) is 4.79 Å². The van der Waals surface area contributed by atoms with Gasteiger partial charge in [-0.15, -0.1) is 0 Å². The molecule has 0 spiro atoms. The molecule has 142 valence electrons. The zero-order chi connectivity index (χ0) is 18.2. The van der Waals surface area contributed by atoms with Crippen LogP contribution in [0.5, 0.6) is 0 Å². The molecular formula is C21H40O3. The van der Waals surface area contributed by atoms with Gasteiger partial charge in [-0.3, -0.25) is 0 Å². The van der Waals surface area contributed by atoms with Gasteiger partial charge in [0, 0.05) is 12.7 Å². The van der Waals surface area contributed by atoms with Crippen LogP contribution in [-0.2, 0) is 14.3 Å². The van der Waals surface area contributed by atoms with Crippen molar-refractivity contribution in [1.29, 1.82) is 0 Å². The van der Waals surface area contributed by atoms with E-state index in [-0.39, 0.29) is 5.97 Å². The molecule has 0 N–H and O–H groups in total. The van der Waals surface area contributed by atoms with E-state index in [2.05, 4.69) is 34.3 Å². The Morgan fingerprint density at radius 3 is 2.33 bits per heavy atom. The van der Waals surface area contributed by atoms with Crippen molar-refractivity contribution in [2.45, 2.75) is 79.1 Å². The first kappa shape index (κ1) is 23.2.